The van der Waals surface area contributed by atoms with Gasteiger partial charge in [-0.05, 0) is 38.5 Å². The molecule has 0 aromatic carbocycles. The number of rotatable bonds is 4. The Balaban J connectivity index is 1.73. The standard InChI is InChI=1S/C13H24N2O2/c1-13(6-2-3-11(13)14)12(16)15-7-4-10-5-8-17-9-10/h10-11H,2-9,14H2,1H3,(H,15,16). The van der Waals surface area contributed by atoms with Crippen molar-refractivity contribution in [1.82, 2.24) is 5.32 Å². The Bertz CT molecular complexity index is 277. The first-order valence-electron chi connectivity index (χ1n) is 6.74. The van der Waals surface area contributed by atoms with E-state index in [1.54, 1.807) is 0 Å². The molecule has 0 aromatic rings. The van der Waals surface area contributed by atoms with Crippen molar-refractivity contribution in [3.63, 3.8) is 0 Å². The molecule has 2 aliphatic rings. The van der Waals surface area contributed by atoms with Gasteiger partial charge in [0.15, 0.2) is 0 Å². The summed E-state index contributed by atoms with van der Waals surface area (Å²) >= 11 is 0. The number of amides is 1. The van der Waals surface area contributed by atoms with Crippen LogP contribution in [0.1, 0.15) is 39.0 Å². The van der Waals surface area contributed by atoms with Crippen LogP contribution in [-0.2, 0) is 9.53 Å². The molecule has 4 heteroatoms. The van der Waals surface area contributed by atoms with E-state index < -0.39 is 0 Å². The van der Waals surface area contributed by atoms with E-state index in [4.69, 9.17) is 10.5 Å². The summed E-state index contributed by atoms with van der Waals surface area (Å²) < 4.78 is 5.32. The molecule has 1 saturated carbocycles. The average Bonchev–Trinajstić information content (AvgIpc) is 2.91. The molecule has 1 saturated heterocycles. The second-order valence-corrected chi connectivity index (χ2v) is 5.69. The number of nitrogens with two attached hydrogens (primary N) is 1. The van der Waals surface area contributed by atoms with Crippen molar-refractivity contribution in [2.45, 2.75) is 45.1 Å². The van der Waals surface area contributed by atoms with Gasteiger partial charge >= 0.3 is 0 Å². The van der Waals surface area contributed by atoms with Gasteiger partial charge < -0.3 is 15.8 Å². The highest BCUT2D eigenvalue weighted by Gasteiger charge is 2.42. The Morgan fingerprint density at radius 2 is 2.35 bits per heavy atom. The van der Waals surface area contributed by atoms with Crippen molar-refractivity contribution in [3.05, 3.63) is 0 Å². The first kappa shape index (κ1) is 12.8. The summed E-state index contributed by atoms with van der Waals surface area (Å²) in [7, 11) is 0. The predicted molar refractivity (Wildman–Crippen MR) is 66.5 cm³/mol. The highest BCUT2D eigenvalue weighted by molar-refractivity contribution is 5.83. The number of carbonyl (C=O) groups is 1. The van der Waals surface area contributed by atoms with E-state index in [-0.39, 0.29) is 17.4 Å². The SMILES string of the molecule is CC1(C(=O)NCCC2CCOC2)CCCC1N. The summed E-state index contributed by atoms with van der Waals surface area (Å²) in [6.07, 6.45) is 5.12. The maximum Gasteiger partial charge on any atom is 0.227 e. The zero-order chi connectivity index (χ0) is 12.3. The van der Waals surface area contributed by atoms with Gasteiger partial charge in [-0.1, -0.05) is 6.42 Å². The molecule has 3 unspecified atom stereocenters. The molecule has 1 aliphatic carbocycles. The molecule has 1 amide bonds. The Labute approximate surface area is 103 Å². The van der Waals surface area contributed by atoms with Crippen molar-refractivity contribution in [1.29, 1.82) is 0 Å². The number of ether oxygens (including phenoxy) is 1. The molecule has 0 spiro atoms. The number of carbonyl (C=O) groups excluding carboxylic acids is 1. The highest BCUT2D eigenvalue weighted by Crippen LogP contribution is 2.36. The van der Waals surface area contributed by atoms with Crippen LogP contribution in [0, 0.1) is 11.3 Å². The normalized spacial score (nSPS) is 37.3. The van der Waals surface area contributed by atoms with Crippen LogP contribution in [0.25, 0.3) is 0 Å². The molecule has 98 valence electrons. The fraction of sp³-hybridized carbons (Fsp3) is 0.923. The third kappa shape index (κ3) is 2.80. The minimum Gasteiger partial charge on any atom is -0.381 e. The quantitative estimate of drug-likeness (QED) is 0.772. The largest absolute Gasteiger partial charge is 0.381 e. The smallest absolute Gasteiger partial charge is 0.227 e. The lowest BCUT2D eigenvalue weighted by Crippen LogP contribution is -2.47. The monoisotopic (exact) mass is 240 g/mol. The van der Waals surface area contributed by atoms with E-state index in [2.05, 4.69) is 5.32 Å². The third-order valence-corrected chi connectivity index (χ3v) is 4.41. The van der Waals surface area contributed by atoms with Crippen LogP contribution in [0.5, 0.6) is 0 Å². The van der Waals surface area contributed by atoms with Gasteiger partial charge in [-0.25, -0.2) is 0 Å². The Morgan fingerprint density at radius 3 is 2.94 bits per heavy atom. The predicted octanol–water partition coefficient (Wildman–Crippen LogP) is 1.05. The second-order valence-electron chi connectivity index (χ2n) is 5.69. The van der Waals surface area contributed by atoms with Crippen molar-refractivity contribution in [2.24, 2.45) is 17.1 Å². The Morgan fingerprint density at radius 1 is 1.53 bits per heavy atom. The van der Waals surface area contributed by atoms with Gasteiger partial charge in [0.25, 0.3) is 0 Å². The fourth-order valence-electron chi connectivity index (χ4n) is 2.88. The maximum absolute atomic E-state index is 12.1. The summed E-state index contributed by atoms with van der Waals surface area (Å²) in [4.78, 5) is 12.1. The average molecular weight is 240 g/mol. The van der Waals surface area contributed by atoms with Gasteiger partial charge in [-0.3, -0.25) is 4.79 Å². The summed E-state index contributed by atoms with van der Waals surface area (Å²) in [5.41, 5.74) is 5.69. The second kappa shape index (κ2) is 5.36. The molecular formula is C13H24N2O2. The molecule has 1 aliphatic heterocycles. The van der Waals surface area contributed by atoms with E-state index in [0.29, 0.717) is 5.92 Å². The lowest BCUT2D eigenvalue weighted by Gasteiger charge is -2.27. The molecule has 0 radical (unpaired) electrons. The molecule has 3 atom stereocenters. The maximum atomic E-state index is 12.1. The van der Waals surface area contributed by atoms with Gasteiger partial charge in [-0.15, -0.1) is 0 Å². The highest BCUT2D eigenvalue weighted by atomic mass is 16.5. The Hall–Kier alpha value is -0.610. The lowest BCUT2D eigenvalue weighted by molar-refractivity contribution is -0.130. The van der Waals surface area contributed by atoms with Crippen molar-refractivity contribution in [2.75, 3.05) is 19.8 Å². The molecule has 2 rings (SSSR count). The number of hydrogen-bond donors (Lipinski definition) is 2. The van der Waals surface area contributed by atoms with E-state index in [0.717, 1.165) is 51.9 Å². The fourth-order valence-corrected chi connectivity index (χ4v) is 2.88. The zero-order valence-corrected chi connectivity index (χ0v) is 10.7. The zero-order valence-electron chi connectivity index (χ0n) is 10.7. The first-order valence-corrected chi connectivity index (χ1v) is 6.74. The number of hydrogen-bond acceptors (Lipinski definition) is 3. The molecule has 0 bridgehead atoms. The van der Waals surface area contributed by atoms with E-state index >= 15 is 0 Å². The molecule has 4 nitrogen and oxygen atoms in total. The van der Waals surface area contributed by atoms with E-state index in [9.17, 15) is 4.79 Å². The minimum absolute atomic E-state index is 0.0253. The van der Waals surface area contributed by atoms with Gasteiger partial charge in [0.05, 0.1) is 5.41 Å². The van der Waals surface area contributed by atoms with Crippen LogP contribution >= 0.6 is 0 Å². The summed E-state index contributed by atoms with van der Waals surface area (Å²) in [6.45, 7) is 4.49. The summed E-state index contributed by atoms with van der Waals surface area (Å²) in [5, 5.41) is 3.05. The molecule has 1 heterocycles. The van der Waals surface area contributed by atoms with Crippen LogP contribution in [0.15, 0.2) is 0 Å². The van der Waals surface area contributed by atoms with Crippen LogP contribution < -0.4 is 11.1 Å². The van der Waals surface area contributed by atoms with Crippen molar-refractivity contribution < 1.29 is 9.53 Å². The van der Waals surface area contributed by atoms with Gasteiger partial charge in [0, 0.05) is 25.8 Å². The topological polar surface area (TPSA) is 64.3 Å². The van der Waals surface area contributed by atoms with Gasteiger partial charge in [0.2, 0.25) is 5.91 Å². The van der Waals surface area contributed by atoms with E-state index in [1.807, 2.05) is 6.92 Å². The lowest BCUT2D eigenvalue weighted by atomic mass is 9.84. The van der Waals surface area contributed by atoms with Crippen LogP contribution in [0.2, 0.25) is 0 Å². The summed E-state index contributed by atoms with van der Waals surface area (Å²) in [5.74, 6) is 0.766. The van der Waals surface area contributed by atoms with Crippen molar-refractivity contribution in [3.8, 4) is 0 Å². The van der Waals surface area contributed by atoms with Gasteiger partial charge in [-0.2, -0.15) is 0 Å². The molecule has 0 aromatic heterocycles. The minimum atomic E-state index is -0.341. The van der Waals surface area contributed by atoms with Crippen LogP contribution in [-0.4, -0.2) is 31.7 Å². The van der Waals surface area contributed by atoms with Crippen LogP contribution in [0.4, 0.5) is 0 Å². The molecular weight excluding hydrogens is 216 g/mol. The first-order chi connectivity index (χ1) is 8.13. The van der Waals surface area contributed by atoms with Crippen molar-refractivity contribution >= 4 is 5.91 Å². The Kier molecular flexibility index (Phi) is 4.05. The van der Waals surface area contributed by atoms with E-state index in [1.165, 1.54) is 0 Å². The molecule has 2 fully saturated rings. The summed E-state index contributed by atoms with van der Waals surface area (Å²) in [6, 6.07) is 0.0253. The molecule has 3 N–H and O–H groups in total. The molecule has 17 heavy (non-hydrogen) atoms. The van der Waals surface area contributed by atoms with Crippen LogP contribution in [0.3, 0.4) is 0 Å². The van der Waals surface area contributed by atoms with Gasteiger partial charge in [0.1, 0.15) is 0 Å². The third-order valence-electron chi connectivity index (χ3n) is 4.41. The number of nitrogens with one attached hydrogen (secondary N) is 1.